The first-order chi connectivity index (χ1) is 38.9. The van der Waals surface area contributed by atoms with Crippen molar-refractivity contribution in [1.29, 1.82) is 0 Å². The van der Waals surface area contributed by atoms with Crippen molar-refractivity contribution < 1.29 is 86.0 Å². The number of likely N-dealkylation sites (tertiary alicyclic amines) is 1. The molecule has 24 heteroatoms. The molecule has 450 valence electrons. The van der Waals surface area contributed by atoms with E-state index in [4.69, 9.17) is 59.0 Å². The van der Waals surface area contributed by atoms with E-state index in [9.17, 15) is 38.7 Å². The van der Waals surface area contributed by atoms with Gasteiger partial charge in [0.2, 0.25) is 17.7 Å². The number of rotatable bonds is 28. The summed E-state index contributed by atoms with van der Waals surface area (Å²) in [4.78, 5) is 93.9. The number of esters is 1. The fraction of sp³-hybridized carbons (Fsp3) is 0.667. The molecule has 4 bridgehead atoms. The maximum Gasteiger partial charge on any atom is 0.409 e. The molecule has 3 fully saturated rings. The minimum atomic E-state index is -1.79. The smallest absolute Gasteiger partial charge is 0.409 e. The average Bonchev–Trinajstić information content (AvgIpc) is 4.27. The summed E-state index contributed by atoms with van der Waals surface area (Å²) in [6.07, 6.45) is 6.26. The van der Waals surface area contributed by atoms with E-state index in [1.807, 2.05) is 39.0 Å². The van der Waals surface area contributed by atoms with Crippen LogP contribution in [0.25, 0.3) is 0 Å². The first-order valence-corrected chi connectivity index (χ1v) is 28.2. The molecule has 1 aliphatic carbocycles. The van der Waals surface area contributed by atoms with Crippen LogP contribution in [-0.2, 0) is 77.8 Å². The zero-order valence-electron chi connectivity index (χ0n) is 47.6. The summed E-state index contributed by atoms with van der Waals surface area (Å²) in [5.41, 5.74) is -0.288. The molecule has 4 heterocycles. The van der Waals surface area contributed by atoms with Gasteiger partial charge in [0.25, 0.3) is 11.8 Å². The van der Waals surface area contributed by atoms with E-state index < -0.39 is 59.2 Å². The second-order valence-corrected chi connectivity index (χ2v) is 21.5. The van der Waals surface area contributed by atoms with Gasteiger partial charge in [-0.05, 0) is 62.1 Å². The van der Waals surface area contributed by atoms with Gasteiger partial charge >= 0.3 is 12.1 Å². The zero-order chi connectivity index (χ0) is 58.5. The molecular formula is C57H82ClN5O18. The number of hydrogen-bond acceptors (Lipinski definition) is 18. The minimum Gasteiger partial charge on any atom is -0.495 e. The Kier molecular flexibility index (Phi) is 25.4. The van der Waals surface area contributed by atoms with Crippen LogP contribution in [0.15, 0.2) is 48.1 Å². The summed E-state index contributed by atoms with van der Waals surface area (Å²) in [6, 6.07) is 3.65. The van der Waals surface area contributed by atoms with Crippen LogP contribution in [0.1, 0.15) is 71.3 Å². The second kappa shape index (κ2) is 31.8. The molecule has 7 atom stereocenters. The highest BCUT2D eigenvalue weighted by molar-refractivity contribution is 6.35. The van der Waals surface area contributed by atoms with Gasteiger partial charge < -0.3 is 67.6 Å². The molecule has 81 heavy (non-hydrogen) atoms. The highest BCUT2D eigenvalue weighted by atomic mass is 35.5. The van der Waals surface area contributed by atoms with E-state index in [1.54, 1.807) is 24.1 Å². The van der Waals surface area contributed by atoms with Crippen molar-refractivity contribution in [3.8, 4) is 5.75 Å². The SMILES string of the molecule is COc1cc2cc(c1Cl)N(C)C(=O)C[C@H](OC(=O)C1CCN(C(=O)CCOCCOCCOCCOCCOCCOCCNC(=O)CCN3C(=O)C=CC3=O)CC1)[C@@]1(C)C[C@H]1[C@H](C)[C@@H]1C[C@@](O)(NC(=O)O1)C(OC)/C=C/C=C(\C)C2. The largest absolute Gasteiger partial charge is 0.495 e. The summed E-state index contributed by atoms with van der Waals surface area (Å²) in [5, 5.41) is 17.4. The van der Waals surface area contributed by atoms with Crippen molar-refractivity contribution in [3.63, 3.8) is 0 Å². The van der Waals surface area contributed by atoms with E-state index in [0.29, 0.717) is 129 Å². The van der Waals surface area contributed by atoms with Crippen molar-refractivity contribution in [2.24, 2.45) is 23.2 Å². The number of aliphatic hydroxyl groups is 1. The lowest BCUT2D eigenvalue weighted by atomic mass is 9.83. The van der Waals surface area contributed by atoms with Gasteiger partial charge in [-0.3, -0.25) is 39.0 Å². The van der Waals surface area contributed by atoms with Gasteiger partial charge in [0.05, 0.1) is 111 Å². The number of ether oxygens (including phenoxy) is 10. The molecule has 0 radical (unpaired) electrons. The number of benzene rings is 1. The van der Waals surface area contributed by atoms with Crippen LogP contribution < -0.4 is 20.3 Å². The van der Waals surface area contributed by atoms with Crippen molar-refractivity contribution in [2.45, 2.75) is 96.2 Å². The summed E-state index contributed by atoms with van der Waals surface area (Å²) in [6.45, 7) is 11.0. The molecule has 1 aromatic rings. The molecule has 1 unspecified atom stereocenters. The Labute approximate surface area is 479 Å². The lowest BCUT2D eigenvalue weighted by Crippen LogP contribution is -2.63. The topological polar surface area (TPSA) is 266 Å². The van der Waals surface area contributed by atoms with Gasteiger partial charge in [0, 0.05) is 70.7 Å². The van der Waals surface area contributed by atoms with Gasteiger partial charge in [0.1, 0.15) is 29.1 Å². The Morgan fingerprint density at radius 3 is 2.02 bits per heavy atom. The monoisotopic (exact) mass is 1160 g/mol. The number of allylic oxidation sites excluding steroid dienone is 3. The van der Waals surface area contributed by atoms with Crippen LogP contribution in [0.3, 0.4) is 0 Å². The summed E-state index contributed by atoms with van der Waals surface area (Å²) >= 11 is 6.85. The number of fused-ring (bicyclic) bond motifs is 5. The lowest BCUT2D eigenvalue weighted by Gasteiger charge is -2.42. The molecule has 23 nitrogen and oxygen atoms in total. The summed E-state index contributed by atoms with van der Waals surface area (Å²) < 4.78 is 56.7. The number of amides is 6. The van der Waals surface area contributed by atoms with Crippen LogP contribution in [0, 0.1) is 23.2 Å². The molecule has 5 aliphatic rings. The number of alkyl carbamates (subject to hydrolysis) is 1. The summed E-state index contributed by atoms with van der Waals surface area (Å²) in [5.74, 6) is -2.56. The molecule has 2 saturated heterocycles. The molecular weight excluding hydrogens is 1080 g/mol. The van der Waals surface area contributed by atoms with E-state index >= 15 is 0 Å². The highest BCUT2D eigenvalue weighted by Crippen LogP contribution is 2.61. The Hall–Kier alpha value is -5.50. The number of carbonyl (C=O) groups is 7. The number of hydrogen-bond donors (Lipinski definition) is 3. The Morgan fingerprint density at radius 2 is 1.43 bits per heavy atom. The number of nitrogens with one attached hydrogen (secondary N) is 2. The fourth-order valence-corrected chi connectivity index (χ4v) is 10.8. The molecule has 1 aromatic carbocycles. The first kappa shape index (κ1) is 64.7. The molecule has 3 N–H and O–H groups in total. The van der Waals surface area contributed by atoms with Crippen molar-refractivity contribution >= 4 is 58.9 Å². The number of piperidine rings is 1. The van der Waals surface area contributed by atoms with Crippen LogP contribution in [0.2, 0.25) is 5.02 Å². The van der Waals surface area contributed by atoms with Crippen molar-refractivity contribution in [3.05, 3.63) is 58.7 Å². The van der Waals surface area contributed by atoms with E-state index in [1.165, 1.54) is 31.3 Å². The van der Waals surface area contributed by atoms with Crippen LogP contribution in [-0.4, -0.2) is 207 Å². The highest BCUT2D eigenvalue weighted by Gasteiger charge is 2.62. The number of halogens is 1. The quantitative estimate of drug-likeness (QED) is 0.0614. The molecule has 0 aromatic heterocycles. The second-order valence-electron chi connectivity index (χ2n) is 21.2. The minimum absolute atomic E-state index is 0.0225. The first-order valence-electron chi connectivity index (χ1n) is 27.8. The number of carbonyl (C=O) groups excluding carboxylic acids is 7. The van der Waals surface area contributed by atoms with Crippen LogP contribution in [0.4, 0.5) is 10.5 Å². The van der Waals surface area contributed by atoms with Crippen LogP contribution in [0.5, 0.6) is 5.75 Å². The third kappa shape index (κ3) is 19.0. The van der Waals surface area contributed by atoms with Crippen molar-refractivity contribution in [1.82, 2.24) is 20.4 Å². The number of methoxy groups -OCH3 is 2. The maximum atomic E-state index is 14.4. The third-order valence-electron chi connectivity index (χ3n) is 15.5. The maximum absolute atomic E-state index is 14.4. The predicted octanol–water partition coefficient (Wildman–Crippen LogP) is 3.70. The van der Waals surface area contributed by atoms with E-state index in [0.717, 1.165) is 16.0 Å². The van der Waals surface area contributed by atoms with Crippen LogP contribution >= 0.6 is 11.6 Å². The molecule has 6 rings (SSSR count). The molecule has 6 amide bonds. The van der Waals surface area contributed by atoms with Gasteiger partial charge in [-0.1, -0.05) is 49.2 Å². The Morgan fingerprint density at radius 1 is 0.840 bits per heavy atom. The van der Waals surface area contributed by atoms with E-state index in [-0.39, 0.29) is 73.4 Å². The van der Waals surface area contributed by atoms with Gasteiger partial charge in [-0.2, -0.15) is 0 Å². The normalized spacial score (nSPS) is 26.3. The predicted molar refractivity (Wildman–Crippen MR) is 294 cm³/mol. The Bertz CT molecular complexity index is 2400. The zero-order valence-corrected chi connectivity index (χ0v) is 48.3. The van der Waals surface area contributed by atoms with E-state index in [2.05, 4.69) is 10.6 Å². The Balaban J connectivity index is 0.855. The van der Waals surface area contributed by atoms with Gasteiger partial charge in [0.15, 0.2) is 5.72 Å². The fourth-order valence-electron chi connectivity index (χ4n) is 10.5. The lowest BCUT2D eigenvalue weighted by molar-refractivity contribution is -0.162. The third-order valence-corrected chi connectivity index (χ3v) is 15.8. The summed E-state index contributed by atoms with van der Waals surface area (Å²) in [7, 11) is 4.60. The molecule has 0 spiro atoms. The molecule has 4 aliphatic heterocycles. The molecule has 1 saturated carbocycles. The van der Waals surface area contributed by atoms with Gasteiger partial charge in [-0.15, -0.1) is 0 Å². The standard InChI is InChI=1S/C57H82ClN5O18/c1-38-8-7-9-46(73-6)57(71)37-45(80-55(70)60-57)39(2)42-36-56(42,3)47(35-52(68)61(4)43-33-40(32-38)34-44(72-5)53(43)58)81-54(69)41-12-17-62(18-13-41)49(65)15-20-74-22-24-76-26-28-78-30-31-79-29-27-77-25-23-75-21-16-59-48(64)14-19-63-50(66)10-11-51(63)67/h7-11,33-34,39,41-42,45-47,71H,12-32,35-37H2,1-6H3,(H,59,64)(H,60,70)/b9-7+,38-8+/t39-,42-,45-,46?,47-,56-,57-/m0/s1. The number of nitrogens with zero attached hydrogens (tertiary/aromatic N) is 3. The van der Waals surface area contributed by atoms with Gasteiger partial charge in [-0.25, -0.2) is 4.79 Å². The average molecular weight is 1160 g/mol. The van der Waals surface area contributed by atoms with Crippen molar-refractivity contribution in [2.75, 3.05) is 132 Å². The number of imide groups is 1. The number of anilines is 1.